The highest BCUT2D eigenvalue weighted by molar-refractivity contribution is 5.73. The van der Waals surface area contributed by atoms with E-state index in [2.05, 4.69) is 17.3 Å². The third-order valence-electron chi connectivity index (χ3n) is 3.17. The van der Waals surface area contributed by atoms with Crippen LogP contribution in [-0.2, 0) is 17.8 Å². The van der Waals surface area contributed by atoms with Crippen molar-refractivity contribution in [3.63, 3.8) is 0 Å². The molecule has 0 aliphatic heterocycles. The van der Waals surface area contributed by atoms with Crippen molar-refractivity contribution in [3.8, 4) is 5.75 Å². The van der Waals surface area contributed by atoms with E-state index in [0.717, 1.165) is 18.5 Å². The Hall–Kier alpha value is -2.50. The minimum Gasteiger partial charge on any atom is -0.508 e. The Kier molecular flexibility index (Phi) is 4.81. The number of carbonyl (C=O) groups excluding carboxylic acids is 1. The molecule has 0 radical (unpaired) electrons. The van der Waals surface area contributed by atoms with Crippen LogP contribution in [0.25, 0.3) is 0 Å². The first-order valence-corrected chi connectivity index (χ1v) is 6.88. The number of nitrogens with zero attached hydrogens (tertiary/aromatic N) is 2. The number of hydrogen-bond donors (Lipinski definition) is 3. The normalized spacial score (nSPS) is 12.0. The van der Waals surface area contributed by atoms with Crippen LogP contribution in [0.4, 0.5) is 5.69 Å². The van der Waals surface area contributed by atoms with Gasteiger partial charge in [0.25, 0.3) is 0 Å². The molecule has 0 saturated carbocycles. The standard InChI is InChI=1S/C15H20N4O2/c1-11(2-3-12-4-6-14(20)7-5-12)18-13-8-17-19(9-13)10-15(16)21/h4-9,11,18,20H,2-3,10H2,1H3,(H2,16,21). The molecule has 6 heteroatoms. The lowest BCUT2D eigenvalue weighted by Gasteiger charge is -2.13. The Balaban J connectivity index is 1.81. The van der Waals surface area contributed by atoms with E-state index in [9.17, 15) is 9.90 Å². The quantitative estimate of drug-likeness (QED) is 0.720. The summed E-state index contributed by atoms with van der Waals surface area (Å²) in [5.41, 5.74) is 7.18. The number of primary amides is 1. The van der Waals surface area contributed by atoms with Crippen molar-refractivity contribution in [2.45, 2.75) is 32.4 Å². The number of aromatic nitrogens is 2. The summed E-state index contributed by atoms with van der Waals surface area (Å²) in [4.78, 5) is 10.8. The first-order chi connectivity index (χ1) is 10.0. The molecule has 1 heterocycles. The number of benzene rings is 1. The molecule has 1 amide bonds. The number of aryl methyl sites for hydroxylation is 1. The monoisotopic (exact) mass is 288 g/mol. The molecule has 6 nitrogen and oxygen atoms in total. The van der Waals surface area contributed by atoms with Gasteiger partial charge in [-0.2, -0.15) is 5.10 Å². The molecule has 0 fully saturated rings. The summed E-state index contributed by atoms with van der Waals surface area (Å²) in [6.45, 7) is 2.18. The summed E-state index contributed by atoms with van der Waals surface area (Å²) in [5.74, 6) is -0.128. The fourth-order valence-electron chi connectivity index (χ4n) is 2.09. The van der Waals surface area contributed by atoms with Gasteiger partial charge in [-0.15, -0.1) is 0 Å². The highest BCUT2D eigenvalue weighted by Crippen LogP contribution is 2.14. The van der Waals surface area contributed by atoms with Crippen LogP contribution >= 0.6 is 0 Å². The smallest absolute Gasteiger partial charge is 0.239 e. The molecular formula is C15H20N4O2. The molecule has 21 heavy (non-hydrogen) atoms. The number of amides is 1. The molecule has 1 aromatic carbocycles. The van der Waals surface area contributed by atoms with E-state index in [1.807, 2.05) is 12.1 Å². The van der Waals surface area contributed by atoms with E-state index in [0.29, 0.717) is 0 Å². The topological polar surface area (TPSA) is 93.2 Å². The van der Waals surface area contributed by atoms with E-state index in [-0.39, 0.29) is 18.3 Å². The zero-order chi connectivity index (χ0) is 15.2. The van der Waals surface area contributed by atoms with Gasteiger partial charge in [-0.05, 0) is 37.5 Å². The Morgan fingerprint density at radius 1 is 1.43 bits per heavy atom. The first-order valence-electron chi connectivity index (χ1n) is 6.88. The number of anilines is 1. The second kappa shape index (κ2) is 6.78. The van der Waals surface area contributed by atoms with E-state index < -0.39 is 5.91 Å². The lowest BCUT2D eigenvalue weighted by Crippen LogP contribution is -2.19. The van der Waals surface area contributed by atoms with E-state index in [4.69, 9.17) is 5.73 Å². The maximum atomic E-state index is 10.8. The average Bonchev–Trinajstić information content (AvgIpc) is 2.84. The molecule has 2 rings (SSSR count). The van der Waals surface area contributed by atoms with Crippen molar-refractivity contribution < 1.29 is 9.90 Å². The summed E-state index contributed by atoms with van der Waals surface area (Å²) < 4.78 is 1.51. The van der Waals surface area contributed by atoms with Crippen LogP contribution in [0.2, 0.25) is 0 Å². The largest absolute Gasteiger partial charge is 0.508 e. The van der Waals surface area contributed by atoms with Gasteiger partial charge in [-0.1, -0.05) is 12.1 Å². The lowest BCUT2D eigenvalue weighted by atomic mass is 10.1. The first kappa shape index (κ1) is 14.9. The zero-order valence-corrected chi connectivity index (χ0v) is 12.0. The molecule has 0 saturated heterocycles. The van der Waals surface area contributed by atoms with Gasteiger partial charge < -0.3 is 16.2 Å². The lowest BCUT2D eigenvalue weighted by molar-refractivity contribution is -0.118. The number of carbonyl (C=O) groups is 1. The molecule has 112 valence electrons. The predicted molar refractivity (Wildman–Crippen MR) is 80.9 cm³/mol. The van der Waals surface area contributed by atoms with Crippen LogP contribution in [0, 0.1) is 0 Å². The highest BCUT2D eigenvalue weighted by atomic mass is 16.3. The molecule has 1 aromatic heterocycles. The second-order valence-corrected chi connectivity index (χ2v) is 5.14. The summed E-state index contributed by atoms with van der Waals surface area (Å²) in [6.07, 6.45) is 5.32. The number of phenolic OH excluding ortho intramolecular Hbond substituents is 1. The number of hydrogen-bond acceptors (Lipinski definition) is 4. The predicted octanol–water partition coefficient (Wildman–Crippen LogP) is 1.51. The molecule has 0 spiro atoms. The minimum absolute atomic E-state index is 0.0869. The van der Waals surface area contributed by atoms with Gasteiger partial charge in [0.15, 0.2) is 0 Å². The van der Waals surface area contributed by atoms with Crippen LogP contribution < -0.4 is 11.1 Å². The maximum absolute atomic E-state index is 10.8. The van der Waals surface area contributed by atoms with Crippen LogP contribution in [0.1, 0.15) is 18.9 Å². The molecule has 0 aliphatic carbocycles. The highest BCUT2D eigenvalue weighted by Gasteiger charge is 2.06. The van der Waals surface area contributed by atoms with E-state index in [1.54, 1.807) is 24.5 Å². The number of phenols is 1. The fourth-order valence-corrected chi connectivity index (χ4v) is 2.09. The second-order valence-electron chi connectivity index (χ2n) is 5.14. The summed E-state index contributed by atoms with van der Waals surface area (Å²) in [6, 6.07) is 7.51. The molecule has 1 unspecified atom stereocenters. The third-order valence-corrected chi connectivity index (χ3v) is 3.17. The van der Waals surface area contributed by atoms with Crippen molar-refractivity contribution in [2.75, 3.05) is 5.32 Å². The summed E-state index contributed by atoms with van der Waals surface area (Å²) >= 11 is 0. The molecule has 4 N–H and O–H groups in total. The maximum Gasteiger partial charge on any atom is 0.239 e. The molecular weight excluding hydrogens is 268 g/mol. The number of nitrogens with one attached hydrogen (secondary N) is 1. The van der Waals surface area contributed by atoms with E-state index in [1.165, 1.54) is 10.2 Å². The van der Waals surface area contributed by atoms with Crippen LogP contribution in [-0.4, -0.2) is 26.8 Å². The van der Waals surface area contributed by atoms with Crippen LogP contribution in [0.5, 0.6) is 5.75 Å². The summed E-state index contributed by atoms with van der Waals surface area (Å²) in [7, 11) is 0. The van der Waals surface area contributed by atoms with Crippen molar-refractivity contribution in [3.05, 3.63) is 42.2 Å². The summed E-state index contributed by atoms with van der Waals surface area (Å²) in [5, 5.41) is 16.6. The Morgan fingerprint density at radius 3 is 2.81 bits per heavy atom. The SMILES string of the molecule is CC(CCc1ccc(O)cc1)Nc1cnn(CC(N)=O)c1. The van der Waals surface area contributed by atoms with Gasteiger partial charge in [0, 0.05) is 12.2 Å². The Morgan fingerprint density at radius 2 is 2.14 bits per heavy atom. The zero-order valence-electron chi connectivity index (χ0n) is 12.0. The van der Waals surface area contributed by atoms with Gasteiger partial charge >= 0.3 is 0 Å². The van der Waals surface area contributed by atoms with Crippen LogP contribution in [0.3, 0.4) is 0 Å². The Labute approximate surface area is 123 Å². The number of nitrogens with two attached hydrogens (primary N) is 1. The number of rotatable bonds is 7. The number of aromatic hydroxyl groups is 1. The molecule has 0 aliphatic rings. The van der Waals surface area contributed by atoms with Gasteiger partial charge in [0.1, 0.15) is 12.3 Å². The fraction of sp³-hybridized carbons (Fsp3) is 0.333. The van der Waals surface area contributed by atoms with Crippen molar-refractivity contribution in [2.24, 2.45) is 5.73 Å². The van der Waals surface area contributed by atoms with Gasteiger partial charge in [-0.25, -0.2) is 0 Å². The van der Waals surface area contributed by atoms with Crippen molar-refractivity contribution >= 4 is 11.6 Å². The molecule has 0 bridgehead atoms. The average molecular weight is 288 g/mol. The van der Waals surface area contributed by atoms with Gasteiger partial charge in [0.2, 0.25) is 5.91 Å². The van der Waals surface area contributed by atoms with Crippen LogP contribution in [0.15, 0.2) is 36.7 Å². The molecule has 2 aromatic rings. The van der Waals surface area contributed by atoms with Crippen molar-refractivity contribution in [1.29, 1.82) is 0 Å². The van der Waals surface area contributed by atoms with Gasteiger partial charge in [-0.3, -0.25) is 9.48 Å². The van der Waals surface area contributed by atoms with E-state index >= 15 is 0 Å². The minimum atomic E-state index is -0.412. The Bertz CT molecular complexity index is 592. The van der Waals surface area contributed by atoms with Crippen molar-refractivity contribution in [1.82, 2.24) is 9.78 Å². The van der Waals surface area contributed by atoms with Gasteiger partial charge in [0.05, 0.1) is 11.9 Å². The molecule has 1 atom stereocenters. The third kappa shape index (κ3) is 4.83.